The Balaban J connectivity index is 1.87. The Morgan fingerprint density at radius 1 is 1.24 bits per heavy atom. The Hall–Kier alpha value is -2.50. The van der Waals surface area contributed by atoms with Gasteiger partial charge in [0.1, 0.15) is 5.82 Å². The van der Waals surface area contributed by atoms with Crippen LogP contribution >= 0.6 is 0 Å². The van der Waals surface area contributed by atoms with E-state index in [1.54, 1.807) is 20.4 Å². The molecule has 2 N–H and O–H groups in total. The molecule has 1 saturated heterocycles. The standard InChI is InChI=1S/C15H17N3O3/c1-20-12-4-3-9(5-13(12)21-2)11-8-17-15(18-11)10-6-14(19)16-7-10/h3-5,8,10H,6-7H2,1-2H3,(H,16,19)(H,17,18). The van der Waals surface area contributed by atoms with Gasteiger partial charge in [-0.1, -0.05) is 0 Å². The molecule has 1 atom stereocenters. The van der Waals surface area contributed by atoms with Crippen molar-refractivity contribution in [1.82, 2.24) is 15.3 Å². The molecule has 6 heteroatoms. The second-order valence-corrected chi connectivity index (χ2v) is 4.96. The predicted molar refractivity (Wildman–Crippen MR) is 77.5 cm³/mol. The van der Waals surface area contributed by atoms with Crippen LogP contribution in [0.5, 0.6) is 11.5 Å². The minimum Gasteiger partial charge on any atom is -0.493 e. The second-order valence-electron chi connectivity index (χ2n) is 4.96. The number of aromatic amines is 1. The van der Waals surface area contributed by atoms with Crippen molar-refractivity contribution < 1.29 is 14.3 Å². The summed E-state index contributed by atoms with van der Waals surface area (Å²) in [5.74, 6) is 2.38. The highest BCUT2D eigenvalue weighted by Crippen LogP contribution is 2.32. The average molecular weight is 287 g/mol. The lowest BCUT2D eigenvalue weighted by Gasteiger charge is -2.08. The summed E-state index contributed by atoms with van der Waals surface area (Å²) in [4.78, 5) is 18.9. The summed E-state index contributed by atoms with van der Waals surface area (Å²) < 4.78 is 10.5. The van der Waals surface area contributed by atoms with E-state index in [0.29, 0.717) is 24.5 Å². The van der Waals surface area contributed by atoms with Gasteiger partial charge in [0.25, 0.3) is 0 Å². The van der Waals surface area contributed by atoms with Crippen molar-refractivity contribution >= 4 is 5.91 Å². The molecule has 2 heterocycles. The first kappa shape index (κ1) is 13.5. The van der Waals surface area contributed by atoms with E-state index in [-0.39, 0.29) is 11.8 Å². The lowest BCUT2D eigenvalue weighted by Crippen LogP contribution is -2.13. The molecule has 0 aliphatic carbocycles. The number of rotatable bonds is 4. The van der Waals surface area contributed by atoms with Crippen LogP contribution in [0.2, 0.25) is 0 Å². The van der Waals surface area contributed by atoms with Crippen LogP contribution in [0.15, 0.2) is 24.4 Å². The van der Waals surface area contributed by atoms with Crippen molar-refractivity contribution in [1.29, 1.82) is 0 Å². The van der Waals surface area contributed by atoms with E-state index in [1.165, 1.54) is 0 Å². The molecular formula is C15H17N3O3. The Morgan fingerprint density at radius 3 is 2.71 bits per heavy atom. The molecule has 1 unspecified atom stereocenters. The highest BCUT2D eigenvalue weighted by molar-refractivity contribution is 5.79. The number of hydrogen-bond acceptors (Lipinski definition) is 4. The van der Waals surface area contributed by atoms with Crippen LogP contribution in [-0.4, -0.2) is 36.6 Å². The number of ether oxygens (including phenoxy) is 2. The predicted octanol–water partition coefficient (Wildman–Crippen LogP) is 1.70. The molecule has 3 rings (SSSR count). The number of amides is 1. The normalized spacial score (nSPS) is 17.6. The Morgan fingerprint density at radius 2 is 2.05 bits per heavy atom. The highest BCUT2D eigenvalue weighted by Gasteiger charge is 2.25. The fourth-order valence-electron chi connectivity index (χ4n) is 2.49. The molecular weight excluding hydrogens is 270 g/mol. The quantitative estimate of drug-likeness (QED) is 0.897. The van der Waals surface area contributed by atoms with Crippen molar-refractivity contribution in [2.45, 2.75) is 12.3 Å². The van der Waals surface area contributed by atoms with Crippen LogP contribution in [-0.2, 0) is 4.79 Å². The van der Waals surface area contributed by atoms with Crippen molar-refractivity contribution in [3.63, 3.8) is 0 Å². The molecule has 110 valence electrons. The zero-order valence-electron chi connectivity index (χ0n) is 12.0. The maximum absolute atomic E-state index is 11.3. The van der Waals surface area contributed by atoms with Crippen LogP contribution in [0.3, 0.4) is 0 Å². The van der Waals surface area contributed by atoms with Gasteiger partial charge in [-0.15, -0.1) is 0 Å². The first-order chi connectivity index (χ1) is 10.2. The molecule has 0 saturated carbocycles. The van der Waals surface area contributed by atoms with Gasteiger partial charge in [0.15, 0.2) is 11.5 Å². The lowest BCUT2D eigenvalue weighted by atomic mass is 10.1. The van der Waals surface area contributed by atoms with Gasteiger partial charge in [0, 0.05) is 24.4 Å². The van der Waals surface area contributed by atoms with E-state index in [9.17, 15) is 4.79 Å². The summed E-state index contributed by atoms with van der Waals surface area (Å²) >= 11 is 0. The Kier molecular flexibility index (Phi) is 3.51. The Labute approximate surface area is 122 Å². The minimum atomic E-state index is 0.0732. The van der Waals surface area contributed by atoms with Crippen LogP contribution in [0, 0.1) is 0 Å². The number of carbonyl (C=O) groups is 1. The van der Waals surface area contributed by atoms with Crippen LogP contribution in [0.4, 0.5) is 0 Å². The molecule has 1 amide bonds. The summed E-state index contributed by atoms with van der Waals surface area (Å²) in [7, 11) is 3.21. The van der Waals surface area contributed by atoms with Crippen LogP contribution < -0.4 is 14.8 Å². The zero-order chi connectivity index (χ0) is 14.8. The molecule has 0 spiro atoms. The zero-order valence-corrected chi connectivity index (χ0v) is 12.0. The maximum Gasteiger partial charge on any atom is 0.220 e. The SMILES string of the molecule is COc1ccc(-c2cnc(C3CNC(=O)C3)[nH]2)cc1OC. The van der Waals surface area contributed by atoms with Crippen molar-refractivity contribution in [3.8, 4) is 22.8 Å². The van der Waals surface area contributed by atoms with Crippen molar-refractivity contribution in [3.05, 3.63) is 30.2 Å². The summed E-state index contributed by atoms with van der Waals surface area (Å²) in [6.45, 7) is 0.637. The van der Waals surface area contributed by atoms with Gasteiger partial charge in [0.2, 0.25) is 5.91 Å². The van der Waals surface area contributed by atoms with Gasteiger partial charge >= 0.3 is 0 Å². The number of nitrogens with one attached hydrogen (secondary N) is 2. The highest BCUT2D eigenvalue weighted by atomic mass is 16.5. The monoisotopic (exact) mass is 287 g/mol. The van der Waals surface area contributed by atoms with Crippen LogP contribution in [0.25, 0.3) is 11.3 Å². The lowest BCUT2D eigenvalue weighted by molar-refractivity contribution is -0.119. The summed E-state index contributed by atoms with van der Waals surface area (Å²) in [5, 5.41) is 2.81. The number of H-pyrrole nitrogens is 1. The molecule has 21 heavy (non-hydrogen) atoms. The molecule has 1 aromatic heterocycles. The number of benzene rings is 1. The molecule has 1 fully saturated rings. The van der Waals surface area contributed by atoms with Gasteiger partial charge in [-0.3, -0.25) is 4.79 Å². The smallest absolute Gasteiger partial charge is 0.220 e. The molecule has 6 nitrogen and oxygen atoms in total. The topological polar surface area (TPSA) is 76.2 Å². The van der Waals surface area contributed by atoms with Gasteiger partial charge in [-0.2, -0.15) is 0 Å². The number of hydrogen-bond donors (Lipinski definition) is 2. The Bertz CT molecular complexity index is 666. The third-order valence-electron chi connectivity index (χ3n) is 3.65. The minimum absolute atomic E-state index is 0.0732. The largest absolute Gasteiger partial charge is 0.493 e. The molecule has 2 aromatic rings. The van der Waals surface area contributed by atoms with E-state index in [1.807, 2.05) is 18.2 Å². The third kappa shape index (κ3) is 2.56. The first-order valence-electron chi connectivity index (χ1n) is 6.75. The van der Waals surface area contributed by atoms with E-state index < -0.39 is 0 Å². The average Bonchev–Trinajstić information content (AvgIpc) is 3.15. The third-order valence-corrected chi connectivity index (χ3v) is 3.65. The molecule has 0 radical (unpaired) electrons. The van der Waals surface area contributed by atoms with Gasteiger partial charge in [-0.05, 0) is 18.2 Å². The molecule has 1 aromatic carbocycles. The van der Waals surface area contributed by atoms with Gasteiger partial charge in [0.05, 0.1) is 26.1 Å². The fraction of sp³-hybridized carbons (Fsp3) is 0.333. The van der Waals surface area contributed by atoms with Gasteiger partial charge in [-0.25, -0.2) is 4.98 Å². The second kappa shape index (κ2) is 5.47. The van der Waals surface area contributed by atoms with Gasteiger partial charge < -0.3 is 19.8 Å². The number of nitrogens with zero attached hydrogens (tertiary/aromatic N) is 1. The summed E-state index contributed by atoms with van der Waals surface area (Å²) in [5.41, 5.74) is 1.86. The van der Waals surface area contributed by atoms with Crippen LogP contribution in [0.1, 0.15) is 18.2 Å². The molecule has 1 aliphatic rings. The summed E-state index contributed by atoms with van der Waals surface area (Å²) in [6, 6.07) is 5.69. The van der Waals surface area contributed by atoms with E-state index >= 15 is 0 Å². The number of imidazole rings is 1. The van der Waals surface area contributed by atoms with E-state index in [4.69, 9.17) is 9.47 Å². The first-order valence-corrected chi connectivity index (χ1v) is 6.75. The van der Waals surface area contributed by atoms with Crippen molar-refractivity contribution in [2.24, 2.45) is 0 Å². The van der Waals surface area contributed by atoms with E-state index in [2.05, 4.69) is 15.3 Å². The number of methoxy groups -OCH3 is 2. The maximum atomic E-state index is 11.3. The number of aromatic nitrogens is 2. The summed E-state index contributed by atoms with van der Waals surface area (Å²) in [6.07, 6.45) is 2.26. The number of carbonyl (C=O) groups excluding carboxylic acids is 1. The molecule has 0 bridgehead atoms. The van der Waals surface area contributed by atoms with Crippen molar-refractivity contribution in [2.75, 3.05) is 20.8 Å². The fourth-order valence-corrected chi connectivity index (χ4v) is 2.49. The molecule has 1 aliphatic heterocycles. The van der Waals surface area contributed by atoms with E-state index in [0.717, 1.165) is 17.1 Å².